The average Bonchev–Trinajstić information content (AvgIpc) is 3.52. The number of aromatic nitrogens is 4. The van der Waals surface area contributed by atoms with Crippen LogP contribution in [0, 0.1) is 6.92 Å². The van der Waals surface area contributed by atoms with E-state index in [0.717, 1.165) is 21.8 Å². The zero-order chi connectivity index (χ0) is 26.6. The molecule has 1 amide bonds. The summed E-state index contributed by atoms with van der Waals surface area (Å²) < 4.78 is 42.6. The molecule has 0 saturated carbocycles. The standard InChI is InChI=1S/C23H24F3N9O2/c1-14-2-3-16(21(27)33-35(28)6-7-37-13-23(24,25)26)8-19(14)32-22(36)18-12-31-34-5-4-15(9-20(18)34)17-10-29-30-11-17/h2-5,8-12H,6-7,13,28H2,1H3,(H2,27,33)(H,29,30)(H,32,36). The van der Waals surface area contributed by atoms with Gasteiger partial charge < -0.3 is 15.8 Å². The Kier molecular flexibility index (Phi) is 7.40. The number of ether oxygens (including phenoxy) is 1. The summed E-state index contributed by atoms with van der Waals surface area (Å²) in [6, 6.07) is 8.77. The first kappa shape index (κ1) is 25.7. The van der Waals surface area contributed by atoms with Gasteiger partial charge in [-0.2, -0.15) is 23.4 Å². The number of hydrogen-bond acceptors (Lipinski definition) is 7. The number of nitrogens with zero attached hydrogens (tertiary/aromatic N) is 5. The second-order valence-electron chi connectivity index (χ2n) is 8.09. The second kappa shape index (κ2) is 10.7. The molecular formula is C23H24F3N9O2. The number of hydrogen-bond donors (Lipinski definition) is 4. The number of nitrogens with two attached hydrogens (primary N) is 2. The maximum absolute atomic E-state index is 13.1. The molecule has 0 spiro atoms. The zero-order valence-corrected chi connectivity index (χ0v) is 19.7. The van der Waals surface area contributed by atoms with Gasteiger partial charge in [0.15, 0.2) is 5.84 Å². The Morgan fingerprint density at radius 3 is 2.78 bits per heavy atom. The van der Waals surface area contributed by atoms with Crippen molar-refractivity contribution >= 4 is 22.9 Å². The van der Waals surface area contributed by atoms with E-state index in [1.54, 1.807) is 41.3 Å². The lowest BCUT2D eigenvalue weighted by molar-refractivity contribution is -0.174. The lowest BCUT2D eigenvalue weighted by Gasteiger charge is -2.15. The molecule has 3 aromatic heterocycles. The minimum Gasteiger partial charge on any atom is -0.382 e. The minimum absolute atomic E-state index is 0.00885. The number of aryl methyl sites for hydroxylation is 1. The van der Waals surface area contributed by atoms with Crippen molar-refractivity contribution in [1.29, 1.82) is 0 Å². The molecule has 0 fully saturated rings. The van der Waals surface area contributed by atoms with Gasteiger partial charge in [-0.25, -0.2) is 15.5 Å². The molecule has 14 heteroatoms. The summed E-state index contributed by atoms with van der Waals surface area (Å²) >= 11 is 0. The van der Waals surface area contributed by atoms with Crippen LogP contribution >= 0.6 is 0 Å². The van der Waals surface area contributed by atoms with Crippen molar-refractivity contribution in [3.63, 3.8) is 0 Å². The number of alkyl halides is 3. The van der Waals surface area contributed by atoms with Gasteiger partial charge in [0.05, 0.1) is 36.6 Å². The lowest BCUT2D eigenvalue weighted by Crippen LogP contribution is -2.33. The van der Waals surface area contributed by atoms with E-state index in [4.69, 9.17) is 11.6 Å². The SMILES string of the molecule is Cc1ccc(/C(N)=N/N(N)CCOCC(F)(F)F)cc1NC(=O)c1cnn2ccc(-c3cn[nH]c3)cc12. The Balaban J connectivity index is 1.47. The molecule has 0 unspecified atom stereocenters. The molecule has 0 aliphatic heterocycles. The van der Waals surface area contributed by atoms with Gasteiger partial charge >= 0.3 is 6.18 Å². The number of nitrogens with one attached hydrogen (secondary N) is 2. The fourth-order valence-corrected chi connectivity index (χ4v) is 3.44. The molecule has 0 bridgehead atoms. The largest absolute Gasteiger partial charge is 0.411 e. The summed E-state index contributed by atoms with van der Waals surface area (Å²) in [7, 11) is 0. The van der Waals surface area contributed by atoms with Crippen LogP contribution in [-0.4, -0.2) is 62.6 Å². The highest BCUT2D eigenvalue weighted by atomic mass is 19.4. The third kappa shape index (κ3) is 6.42. The van der Waals surface area contributed by atoms with Crippen LogP contribution in [0.15, 0.2) is 60.2 Å². The highest BCUT2D eigenvalue weighted by Gasteiger charge is 2.27. The van der Waals surface area contributed by atoms with Crippen LogP contribution in [0.25, 0.3) is 16.6 Å². The third-order valence-electron chi connectivity index (χ3n) is 5.35. The van der Waals surface area contributed by atoms with E-state index in [-0.39, 0.29) is 24.9 Å². The maximum atomic E-state index is 13.1. The van der Waals surface area contributed by atoms with Crippen LogP contribution < -0.4 is 16.9 Å². The summed E-state index contributed by atoms with van der Waals surface area (Å²) in [6.45, 7) is 0.0389. The van der Waals surface area contributed by atoms with Crippen LogP contribution in [0.2, 0.25) is 0 Å². The first-order chi connectivity index (χ1) is 17.6. The number of halogens is 3. The van der Waals surface area contributed by atoms with Gasteiger partial charge in [-0.05, 0) is 36.2 Å². The molecule has 11 nitrogen and oxygen atoms in total. The summed E-state index contributed by atoms with van der Waals surface area (Å²) in [5.74, 6) is 5.33. The smallest absolute Gasteiger partial charge is 0.382 e. The number of rotatable bonds is 9. The molecule has 0 aliphatic carbocycles. The average molecular weight is 516 g/mol. The Hall–Kier alpha value is -4.43. The quantitative estimate of drug-likeness (QED) is 0.0879. The number of hydrazine groups is 1. The van der Waals surface area contributed by atoms with E-state index >= 15 is 0 Å². The van der Waals surface area contributed by atoms with Gasteiger partial charge in [0.2, 0.25) is 0 Å². The van der Waals surface area contributed by atoms with Crippen LogP contribution in [0.1, 0.15) is 21.5 Å². The van der Waals surface area contributed by atoms with Crippen molar-refractivity contribution in [1.82, 2.24) is 24.9 Å². The summed E-state index contributed by atoms with van der Waals surface area (Å²) in [6.07, 6.45) is 2.24. The van der Waals surface area contributed by atoms with Crippen LogP contribution in [0.4, 0.5) is 18.9 Å². The van der Waals surface area contributed by atoms with Gasteiger partial charge in [0, 0.05) is 29.2 Å². The Morgan fingerprint density at radius 2 is 2.05 bits per heavy atom. The summed E-state index contributed by atoms with van der Waals surface area (Å²) in [5, 5.41) is 18.7. The predicted octanol–water partition coefficient (Wildman–Crippen LogP) is 2.66. The second-order valence-corrected chi connectivity index (χ2v) is 8.09. The van der Waals surface area contributed by atoms with Crippen molar-refractivity contribution < 1.29 is 22.7 Å². The van der Waals surface area contributed by atoms with E-state index in [1.807, 2.05) is 19.1 Å². The van der Waals surface area contributed by atoms with Crippen LogP contribution in [-0.2, 0) is 4.74 Å². The molecule has 0 aliphatic rings. The van der Waals surface area contributed by atoms with Crippen molar-refractivity contribution in [3.8, 4) is 11.1 Å². The van der Waals surface area contributed by atoms with E-state index in [1.165, 1.54) is 6.20 Å². The van der Waals surface area contributed by atoms with Gasteiger partial charge in [-0.3, -0.25) is 9.89 Å². The number of benzene rings is 1. The number of H-pyrrole nitrogens is 1. The molecule has 4 aromatic rings. The number of carbonyl (C=O) groups excluding carboxylic acids is 1. The van der Waals surface area contributed by atoms with E-state index < -0.39 is 12.8 Å². The highest BCUT2D eigenvalue weighted by Crippen LogP contribution is 2.23. The van der Waals surface area contributed by atoms with Crippen LogP contribution in [0.3, 0.4) is 0 Å². The Bertz CT molecular complexity index is 1410. The number of pyridine rings is 1. The fraction of sp³-hybridized carbons (Fsp3) is 0.217. The zero-order valence-electron chi connectivity index (χ0n) is 19.7. The molecule has 1 aromatic carbocycles. The number of fused-ring (bicyclic) bond motifs is 1. The number of amidine groups is 1. The van der Waals surface area contributed by atoms with E-state index in [2.05, 4.69) is 30.5 Å². The maximum Gasteiger partial charge on any atom is 0.411 e. The Labute approximate surface area is 208 Å². The Morgan fingerprint density at radius 1 is 1.24 bits per heavy atom. The fourth-order valence-electron chi connectivity index (χ4n) is 3.44. The van der Waals surface area contributed by atoms with Crippen molar-refractivity contribution in [2.75, 3.05) is 25.1 Å². The molecule has 0 saturated heterocycles. The number of carbonyl (C=O) groups is 1. The first-order valence-electron chi connectivity index (χ1n) is 11.0. The summed E-state index contributed by atoms with van der Waals surface area (Å²) in [5.41, 5.74) is 10.4. The highest BCUT2D eigenvalue weighted by molar-refractivity contribution is 6.10. The predicted molar refractivity (Wildman–Crippen MR) is 130 cm³/mol. The first-order valence-corrected chi connectivity index (χ1v) is 11.0. The molecular weight excluding hydrogens is 491 g/mol. The van der Waals surface area contributed by atoms with Crippen LogP contribution in [0.5, 0.6) is 0 Å². The number of aromatic amines is 1. The molecule has 3 heterocycles. The van der Waals surface area contributed by atoms with Gasteiger partial charge in [0.25, 0.3) is 5.91 Å². The number of hydrazone groups is 1. The lowest BCUT2D eigenvalue weighted by atomic mass is 10.1. The van der Waals surface area contributed by atoms with Crippen molar-refractivity contribution in [2.45, 2.75) is 13.1 Å². The molecule has 0 atom stereocenters. The van der Waals surface area contributed by atoms with E-state index in [9.17, 15) is 18.0 Å². The molecule has 37 heavy (non-hydrogen) atoms. The van der Waals surface area contributed by atoms with Crippen molar-refractivity contribution in [2.24, 2.45) is 16.7 Å². The molecule has 4 rings (SSSR count). The third-order valence-corrected chi connectivity index (χ3v) is 5.35. The minimum atomic E-state index is -4.42. The molecule has 194 valence electrons. The number of anilines is 1. The molecule has 6 N–H and O–H groups in total. The van der Waals surface area contributed by atoms with Gasteiger partial charge in [-0.1, -0.05) is 12.1 Å². The van der Waals surface area contributed by atoms with Gasteiger partial charge in [0.1, 0.15) is 6.61 Å². The normalized spacial score (nSPS) is 12.2. The summed E-state index contributed by atoms with van der Waals surface area (Å²) in [4.78, 5) is 13.1. The van der Waals surface area contributed by atoms with Crippen molar-refractivity contribution in [3.05, 3.63) is 71.8 Å². The molecule has 0 radical (unpaired) electrons. The van der Waals surface area contributed by atoms with Gasteiger partial charge in [-0.15, -0.1) is 5.10 Å². The monoisotopic (exact) mass is 515 g/mol. The van der Waals surface area contributed by atoms with E-state index in [0.29, 0.717) is 22.3 Å². The topological polar surface area (TPSA) is 152 Å². The number of amides is 1.